The number of thioether (sulfide) groups is 1. The van der Waals surface area contributed by atoms with Gasteiger partial charge in [-0.25, -0.2) is 4.79 Å². The van der Waals surface area contributed by atoms with Crippen LogP contribution >= 0.6 is 11.8 Å². The van der Waals surface area contributed by atoms with Gasteiger partial charge in [0.15, 0.2) is 0 Å². The molecule has 0 radical (unpaired) electrons. The predicted molar refractivity (Wildman–Crippen MR) is 104 cm³/mol. The highest BCUT2D eigenvalue weighted by molar-refractivity contribution is 7.99. The van der Waals surface area contributed by atoms with Crippen LogP contribution < -0.4 is 5.32 Å². The molecule has 0 aliphatic carbocycles. The minimum Gasteiger partial charge on any atom is -0.478 e. The number of carboxylic acids is 1. The van der Waals surface area contributed by atoms with E-state index in [2.05, 4.69) is 12.2 Å². The Balaban J connectivity index is 1.93. The molecule has 0 amide bonds. The van der Waals surface area contributed by atoms with Crippen molar-refractivity contribution < 1.29 is 9.90 Å². The molecule has 2 N–H and O–H groups in total. The summed E-state index contributed by atoms with van der Waals surface area (Å²) in [5.74, 6) is 0.152. The van der Waals surface area contributed by atoms with E-state index in [0.717, 1.165) is 30.2 Å². The van der Waals surface area contributed by atoms with Crippen LogP contribution in [0.4, 0.5) is 0 Å². The number of rotatable bonds is 15. The van der Waals surface area contributed by atoms with Crippen LogP contribution in [0.5, 0.6) is 0 Å². The molecular weight excluding hydrogens is 318 g/mol. The molecule has 0 saturated carbocycles. The molecule has 1 aromatic rings. The van der Waals surface area contributed by atoms with Gasteiger partial charge in [-0.3, -0.25) is 0 Å². The smallest absolute Gasteiger partial charge is 0.336 e. The lowest BCUT2D eigenvalue weighted by molar-refractivity contribution is 0.0693. The summed E-state index contributed by atoms with van der Waals surface area (Å²) >= 11 is 1.66. The van der Waals surface area contributed by atoms with Gasteiger partial charge in [-0.15, -0.1) is 11.8 Å². The fourth-order valence-corrected chi connectivity index (χ4v) is 3.69. The summed E-state index contributed by atoms with van der Waals surface area (Å²) in [6.07, 6.45) is 11.7. The van der Waals surface area contributed by atoms with Crippen molar-refractivity contribution in [2.75, 3.05) is 18.8 Å². The molecule has 4 heteroatoms. The summed E-state index contributed by atoms with van der Waals surface area (Å²) in [6.45, 7) is 4.50. The van der Waals surface area contributed by atoms with Crippen LogP contribution in [0.3, 0.4) is 0 Å². The average Bonchev–Trinajstić information content (AvgIpc) is 2.59. The number of aromatic carboxylic acids is 1. The van der Waals surface area contributed by atoms with Crippen molar-refractivity contribution >= 4 is 17.7 Å². The maximum absolute atomic E-state index is 11.1. The molecule has 136 valence electrons. The van der Waals surface area contributed by atoms with E-state index >= 15 is 0 Å². The summed E-state index contributed by atoms with van der Waals surface area (Å²) in [6, 6.07) is 7.26. The lowest BCUT2D eigenvalue weighted by Crippen LogP contribution is -2.16. The first-order valence-electron chi connectivity index (χ1n) is 9.41. The molecule has 0 spiro atoms. The Morgan fingerprint density at radius 1 is 0.958 bits per heavy atom. The molecular formula is C20H33NO2S. The fourth-order valence-electron chi connectivity index (χ4n) is 2.64. The van der Waals surface area contributed by atoms with Crippen LogP contribution in [-0.2, 0) is 0 Å². The number of carbonyl (C=O) groups is 1. The second kappa shape index (κ2) is 14.4. The highest BCUT2D eigenvalue weighted by atomic mass is 32.2. The van der Waals surface area contributed by atoms with E-state index in [1.165, 1.54) is 51.4 Å². The lowest BCUT2D eigenvalue weighted by Gasteiger charge is -2.06. The number of hydrogen-bond donors (Lipinski definition) is 2. The first kappa shape index (κ1) is 21.0. The zero-order valence-electron chi connectivity index (χ0n) is 15.1. The Hall–Kier alpha value is -1.00. The van der Waals surface area contributed by atoms with Crippen LogP contribution in [0.15, 0.2) is 29.2 Å². The van der Waals surface area contributed by atoms with Gasteiger partial charge in [0.25, 0.3) is 0 Å². The zero-order chi connectivity index (χ0) is 17.5. The lowest BCUT2D eigenvalue weighted by atomic mass is 10.1. The van der Waals surface area contributed by atoms with E-state index < -0.39 is 5.97 Å². The maximum atomic E-state index is 11.1. The number of unbranched alkanes of at least 4 members (excludes halogenated alkanes) is 7. The molecule has 0 unspecified atom stereocenters. The molecule has 0 bridgehead atoms. The van der Waals surface area contributed by atoms with Gasteiger partial charge in [-0.05, 0) is 50.2 Å². The number of nitrogens with one attached hydrogen (secondary N) is 1. The maximum Gasteiger partial charge on any atom is 0.336 e. The van der Waals surface area contributed by atoms with E-state index in [1.54, 1.807) is 23.9 Å². The molecule has 0 aliphatic rings. The molecule has 0 atom stereocenters. The highest BCUT2D eigenvalue weighted by Gasteiger charge is 2.08. The van der Waals surface area contributed by atoms with Crippen molar-refractivity contribution in [2.24, 2.45) is 0 Å². The van der Waals surface area contributed by atoms with Crippen LogP contribution in [0.25, 0.3) is 0 Å². The summed E-state index contributed by atoms with van der Waals surface area (Å²) < 4.78 is 0. The minimum atomic E-state index is -0.836. The molecule has 3 nitrogen and oxygen atoms in total. The largest absolute Gasteiger partial charge is 0.478 e. The van der Waals surface area contributed by atoms with Gasteiger partial charge < -0.3 is 10.4 Å². The van der Waals surface area contributed by atoms with E-state index in [-0.39, 0.29) is 0 Å². The normalized spacial score (nSPS) is 10.9. The van der Waals surface area contributed by atoms with Gasteiger partial charge in [0, 0.05) is 4.90 Å². The number of benzene rings is 1. The SMILES string of the molecule is CCCCCCCCNCCCCCSc1ccccc1C(=O)O. The molecule has 24 heavy (non-hydrogen) atoms. The van der Waals surface area contributed by atoms with Crippen molar-refractivity contribution in [1.82, 2.24) is 5.32 Å². The Labute approximate surface area is 151 Å². The van der Waals surface area contributed by atoms with E-state index in [0.29, 0.717) is 5.56 Å². The van der Waals surface area contributed by atoms with Crippen molar-refractivity contribution in [3.63, 3.8) is 0 Å². The van der Waals surface area contributed by atoms with Gasteiger partial charge in [0.1, 0.15) is 0 Å². The van der Waals surface area contributed by atoms with Crippen LogP contribution in [-0.4, -0.2) is 29.9 Å². The van der Waals surface area contributed by atoms with Crippen LogP contribution in [0.2, 0.25) is 0 Å². The van der Waals surface area contributed by atoms with Gasteiger partial charge in [-0.2, -0.15) is 0 Å². The summed E-state index contributed by atoms with van der Waals surface area (Å²) in [4.78, 5) is 12.0. The third-order valence-corrected chi connectivity index (χ3v) is 5.24. The monoisotopic (exact) mass is 351 g/mol. The average molecular weight is 352 g/mol. The standard InChI is InChI=1S/C20H33NO2S/c1-2-3-4-5-6-10-15-21-16-11-7-12-17-24-19-14-9-8-13-18(19)20(22)23/h8-9,13-14,21H,2-7,10-12,15-17H2,1H3,(H,22,23). The van der Waals surface area contributed by atoms with Crippen LogP contribution in [0.1, 0.15) is 75.1 Å². The fraction of sp³-hybridized carbons (Fsp3) is 0.650. The zero-order valence-corrected chi connectivity index (χ0v) is 15.9. The molecule has 1 aromatic carbocycles. The first-order chi connectivity index (χ1) is 11.8. The quantitative estimate of drug-likeness (QED) is 0.319. The predicted octanol–water partition coefficient (Wildman–Crippen LogP) is 5.60. The Morgan fingerprint density at radius 3 is 2.29 bits per heavy atom. The Bertz CT molecular complexity index is 451. The molecule has 0 heterocycles. The molecule has 0 fully saturated rings. The Kier molecular flexibility index (Phi) is 12.6. The van der Waals surface area contributed by atoms with Gasteiger partial charge in [-0.1, -0.05) is 57.6 Å². The first-order valence-corrected chi connectivity index (χ1v) is 10.4. The second-order valence-corrected chi connectivity index (χ2v) is 7.36. The summed E-state index contributed by atoms with van der Waals surface area (Å²) in [5, 5.41) is 12.7. The van der Waals surface area contributed by atoms with Crippen molar-refractivity contribution in [1.29, 1.82) is 0 Å². The second-order valence-electron chi connectivity index (χ2n) is 6.23. The summed E-state index contributed by atoms with van der Waals surface area (Å²) in [5.41, 5.74) is 0.420. The Morgan fingerprint density at radius 2 is 1.58 bits per heavy atom. The minimum absolute atomic E-state index is 0.420. The number of carboxylic acid groups (broad SMARTS) is 1. The molecule has 0 aromatic heterocycles. The third kappa shape index (κ3) is 9.99. The van der Waals surface area contributed by atoms with Crippen LogP contribution in [0, 0.1) is 0 Å². The van der Waals surface area contributed by atoms with Gasteiger partial charge in [0.05, 0.1) is 5.56 Å². The topological polar surface area (TPSA) is 49.3 Å². The molecule has 1 rings (SSSR count). The third-order valence-electron chi connectivity index (χ3n) is 4.08. The molecule has 0 aliphatic heterocycles. The van der Waals surface area contributed by atoms with Gasteiger partial charge >= 0.3 is 5.97 Å². The highest BCUT2D eigenvalue weighted by Crippen LogP contribution is 2.23. The van der Waals surface area contributed by atoms with E-state index in [9.17, 15) is 4.79 Å². The number of hydrogen-bond acceptors (Lipinski definition) is 3. The molecule has 0 saturated heterocycles. The summed E-state index contributed by atoms with van der Waals surface area (Å²) in [7, 11) is 0. The van der Waals surface area contributed by atoms with E-state index in [4.69, 9.17) is 5.11 Å². The van der Waals surface area contributed by atoms with Crippen molar-refractivity contribution in [3.8, 4) is 0 Å². The van der Waals surface area contributed by atoms with E-state index in [1.807, 2.05) is 12.1 Å². The van der Waals surface area contributed by atoms with Crippen molar-refractivity contribution in [2.45, 2.75) is 69.6 Å². The van der Waals surface area contributed by atoms with Gasteiger partial charge in [0.2, 0.25) is 0 Å². The van der Waals surface area contributed by atoms with Crippen molar-refractivity contribution in [3.05, 3.63) is 29.8 Å².